The Balaban J connectivity index is 1.96. The predicted molar refractivity (Wildman–Crippen MR) is 85.2 cm³/mol. The molecule has 0 aliphatic heterocycles. The number of carbonyl (C=O) groups excluding carboxylic acids is 1. The molecule has 2 rings (SSSR count). The summed E-state index contributed by atoms with van der Waals surface area (Å²) >= 11 is 0. The number of H-pyrrole nitrogens is 1. The second-order valence-electron chi connectivity index (χ2n) is 5.98. The predicted octanol–water partition coefficient (Wildman–Crippen LogP) is 2.54. The van der Waals surface area contributed by atoms with E-state index in [0.717, 1.165) is 16.5 Å². The van der Waals surface area contributed by atoms with Gasteiger partial charge in [0.25, 0.3) is 0 Å². The van der Waals surface area contributed by atoms with Crippen LogP contribution in [-0.4, -0.2) is 28.6 Å². The highest BCUT2D eigenvalue weighted by atomic mass is 16.3. The zero-order valence-corrected chi connectivity index (χ0v) is 12.9. The molecule has 0 saturated heterocycles. The van der Waals surface area contributed by atoms with E-state index in [2.05, 4.69) is 23.3 Å². The van der Waals surface area contributed by atoms with Gasteiger partial charge in [-0.15, -0.1) is 0 Å². The van der Waals surface area contributed by atoms with Gasteiger partial charge in [-0.3, -0.25) is 4.79 Å². The molecule has 0 spiro atoms. The summed E-state index contributed by atoms with van der Waals surface area (Å²) in [6.07, 6.45) is 2.67. The fourth-order valence-electron chi connectivity index (χ4n) is 2.78. The Morgan fingerprint density at radius 2 is 2.14 bits per heavy atom. The lowest BCUT2D eigenvalue weighted by molar-refractivity contribution is -0.120. The van der Waals surface area contributed by atoms with E-state index < -0.39 is 0 Å². The van der Waals surface area contributed by atoms with E-state index in [1.165, 1.54) is 5.56 Å². The number of nitrogens with one attached hydrogen (secondary N) is 2. The van der Waals surface area contributed by atoms with Crippen molar-refractivity contribution in [2.45, 2.75) is 39.7 Å². The average molecular weight is 288 g/mol. The van der Waals surface area contributed by atoms with Crippen molar-refractivity contribution in [2.75, 3.05) is 6.54 Å². The van der Waals surface area contributed by atoms with Crippen LogP contribution in [0, 0.1) is 12.8 Å². The topological polar surface area (TPSA) is 65.1 Å². The van der Waals surface area contributed by atoms with Gasteiger partial charge in [0.05, 0.1) is 12.5 Å². The van der Waals surface area contributed by atoms with E-state index in [9.17, 15) is 9.90 Å². The summed E-state index contributed by atoms with van der Waals surface area (Å²) in [5.74, 6) is 0.301. The largest absolute Gasteiger partial charge is 0.393 e. The van der Waals surface area contributed by atoms with Crippen molar-refractivity contribution in [3.8, 4) is 0 Å². The maximum absolute atomic E-state index is 12.1. The number of hydrogen-bond donors (Lipinski definition) is 3. The van der Waals surface area contributed by atoms with E-state index in [4.69, 9.17) is 0 Å². The highest BCUT2D eigenvalue weighted by Crippen LogP contribution is 2.22. The third-order valence-corrected chi connectivity index (χ3v) is 3.74. The molecule has 0 radical (unpaired) electrons. The Morgan fingerprint density at radius 3 is 2.86 bits per heavy atom. The number of aromatic amines is 1. The van der Waals surface area contributed by atoms with Crippen molar-refractivity contribution in [2.24, 2.45) is 5.92 Å². The first kappa shape index (κ1) is 15.6. The molecule has 0 bridgehead atoms. The number of aromatic nitrogens is 1. The molecule has 1 heterocycles. The quantitative estimate of drug-likeness (QED) is 0.765. The molecule has 4 nitrogen and oxygen atoms in total. The van der Waals surface area contributed by atoms with Gasteiger partial charge in [0.15, 0.2) is 0 Å². The standard InChI is InChI=1S/C17H24N2O2/c1-11(7-13(3)20)9-19-16(21)8-14-10-18-15-6-4-5-12(2)17(14)15/h4-6,10-11,13,18,20H,7-9H2,1-3H3,(H,19,21). The van der Waals surface area contributed by atoms with Crippen molar-refractivity contribution < 1.29 is 9.90 Å². The molecule has 1 aromatic heterocycles. The lowest BCUT2D eigenvalue weighted by Crippen LogP contribution is -2.30. The van der Waals surface area contributed by atoms with Crippen LogP contribution >= 0.6 is 0 Å². The zero-order valence-electron chi connectivity index (χ0n) is 12.9. The third kappa shape index (κ3) is 4.08. The van der Waals surface area contributed by atoms with Gasteiger partial charge in [0.1, 0.15) is 0 Å². The first-order valence-electron chi connectivity index (χ1n) is 7.47. The number of fused-ring (bicyclic) bond motifs is 1. The molecular formula is C17H24N2O2. The molecule has 0 aliphatic rings. The van der Waals surface area contributed by atoms with Crippen molar-refractivity contribution >= 4 is 16.8 Å². The number of carbonyl (C=O) groups is 1. The summed E-state index contributed by atoms with van der Waals surface area (Å²) in [5, 5.41) is 13.4. The SMILES string of the molecule is Cc1cccc2[nH]cc(CC(=O)NCC(C)CC(C)O)c12. The number of aliphatic hydroxyl groups is 1. The minimum absolute atomic E-state index is 0.0246. The molecule has 1 aromatic carbocycles. The summed E-state index contributed by atoms with van der Waals surface area (Å²) in [6.45, 7) is 6.46. The molecule has 0 aliphatic carbocycles. The number of aliphatic hydroxyl groups excluding tert-OH is 1. The summed E-state index contributed by atoms with van der Waals surface area (Å²) in [7, 11) is 0. The van der Waals surface area contributed by atoms with Gasteiger partial charge in [-0.1, -0.05) is 19.1 Å². The van der Waals surface area contributed by atoms with Crippen LogP contribution in [-0.2, 0) is 11.2 Å². The van der Waals surface area contributed by atoms with Gasteiger partial charge in [-0.2, -0.15) is 0 Å². The summed E-state index contributed by atoms with van der Waals surface area (Å²) < 4.78 is 0. The van der Waals surface area contributed by atoms with Gasteiger partial charge in [0.2, 0.25) is 5.91 Å². The van der Waals surface area contributed by atoms with Gasteiger partial charge in [-0.05, 0) is 43.4 Å². The molecule has 114 valence electrons. The van der Waals surface area contributed by atoms with Crippen molar-refractivity contribution in [1.82, 2.24) is 10.3 Å². The van der Waals surface area contributed by atoms with Crippen molar-refractivity contribution in [3.63, 3.8) is 0 Å². The fourth-order valence-corrected chi connectivity index (χ4v) is 2.78. The monoisotopic (exact) mass is 288 g/mol. The Labute approximate surface area is 125 Å². The Morgan fingerprint density at radius 1 is 1.38 bits per heavy atom. The van der Waals surface area contributed by atoms with Crippen LogP contribution in [0.2, 0.25) is 0 Å². The molecule has 1 amide bonds. The van der Waals surface area contributed by atoms with Crippen molar-refractivity contribution in [1.29, 1.82) is 0 Å². The molecule has 3 N–H and O–H groups in total. The third-order valence-electron chi connectivity index (χ3n) is 3.74. The van der Waals surface area contributed by atoms with Crippen LogP contribution in [0.15, 0.2) is 24.4 Å². The maximum Gasteiger partial charge on any atom is 0.224 e. The minimum Gasteiger partial charge on any atom is -0.393 e. The van der Waals surface area contributed by atoms with E-state index in [-0.39, 0.29) is 17.9 Å². The van der Waals surface area contributed by atoms with E-state index >= 15 is 0 Å². The Hall–Kier alpha value is -1.81. The summed E-state index contributed by atoms with van der Waals surface area (Å²) in [4.78, 5) is 15.3. The van der Waals surface area contributed by atoms with Gasteiger partial charge < -0.3 is 15.4 Å². The van der Waals surface area contributed by atoms with Crippen LogP contribution in [0.1, 0.15) is 31.4 Å². The number of hydrogen-bond acceptors (Lipinski definition) is 2. The molecule has 2 unspecified atom stereocenters. The molecule has 2 aromatic rings. The number of aryl methyl sites for hydroxylation is 1. The van der Waals surface area contributed by atoms with Gasteiger partial charge in [-0.25, -0.2) is 0 Å². The summed E-state index contributed by atoms with van der Waals surface area (Å²) in [6, 6.07) is 6.09. The van der Waals surface area contributed by atoms with Gasteiger partial charge >= 0.3 is 0 Å². The van der Waals surface area contributed by atoms with Crippen molar-refractivity contribution in [3.05, 3.63) is 35.5 Å². The average Bonchev–Trinajstić information content (AvgIpc) is 2.80. The van der Waals surface area contributed by atoms with Gasteiger partial charge in [0, 0.05) is 23.6 Å². The number of amides is 1. The summed E-state index contributed by atoms with van der Waals surface area (Å²) in [5.41, 5.74) is 3.28. The molecule has 0 saturated carbocycles. The van der Waals surface area contributed by atoms with Crippen LogP contribution < -0.4 is 5.32 Å². The highest BCUT2D eigenvalue weighted by molar-refractivity contribution is 5.90. The molecule has 4 heteroatoms. The van der Waals surface area contributed by atoms with Crippen LogP contribution in [0.25, 0.3) is 10.9 Å². The van der Waals surface area contributed by atoms with E-state index in [1.54, 1.807) is 6.92 Å². The fraction of sp³-hybridized carbons (Fsp3) is 0.471. The zero-order chi connectivity index (χ0) is 15.4. The lowest BCUT2D eigenvalue weighted by Gasteiger charge is -2.14. The van der Waals surface area contributed by atoms with E-state index in [1.807, 2.05) is 25.3 Å². The maximum atomic E-state index is 12.1. The van der Waals surface area contributed by atoms with Crippen LogP contribution in [0.3, 0.4) is 0 Å². The first-order chi connectivity index (χ1) is 9.97. The minimum atomic E-state index is -0.326. The lowest BCUT2D eigenvalue weighted by atomic mass is 10.0. The Bertz CT molecular complexity index is 616. The number of rotatable bonds is 6. The first-order valence-corrected chi connectivity index (χ1v) is 7.47. The second kappa shape index (κ2) is 6.76. The number of benzene rings is 1. The van der Waals surface area contributed by atoms with Crippen LogP contribution in [0.4, 0.5) is 0 Å². The Kier molecular flexibility index (Phi) is 5.02. The molecule has 21 heavy (non-hydrogen) atoms. The normalized spacial score (nSPS) is 14.1. The molecular weight excluding hydrogens is 264 g/mol. The molecule has 0 fully saturated rings. The van der Waals surface area contributed by atoms with Crippen LogP contribution in [0.5, 0.6) is 0 Å². The molecule has 2 atom stereocenters. The smallest absolute Gasteiger partial charge is 0.224 e. The highest BCUT2D eigenvalue weighted by Gasteiger charge is 2.12. The second-order valence-corrected chi connectivity index (χ2v) is 5.98. The van der Waals surface area contributed by atoms with E-state index in [0.29, 0.717) is 19.4 Å².